The van der Waals surface area contributed by atoms with Gasteiger partial charge in [0.1, 0.15) is 11.5 Å². The van der Waals surface area contributed by atoms with Gasteiger partial charge in [-0.05, 0) is 12.1 Å². The highest BCUT2D eigenvalue weighted by molar-refractivity contribution is 6.63. The molecule has 0 saturated carbocycles. The van der Waals surface area contributed by atoms with Crippen molar-refractivity contribution in [3.8, 4) is 11.5 Å². The van der Waals surface area contributed by atoms with E-state index in [0.717, 1.165) is 0 Å². The van der Waals surface area contributed by atoms with Gasteiger partial charge in [-0.3, -0.25) is 0 Å². The van der Waals surface area contributed by atoms with Crippen molar-refractivity contribution in [1.29, 1.82) is 0 Å². The van der Waals surface area contributed by atoms with Gasteiger partial charge in [0.25, 0.3) is 0 Å². The van der Waals surface area contributed by atoms with E-state index in [1.165, 1.54) is 12.1 Å². The van der Waals surface area contributed by atoms with E-state index in [1.54, 1.807) is 12.1 Å². The lowest BCUT2D eigenvalue weighted by Gasteiger charge is -2.09. The molecule has 0 radical (unpaired) electrons. The lowest BCUT2D eigenvalue weighted by molar-refractivity contribution is 0.380. The van der Waals surface area contributed by atoms with Crippen LogP contribution in [0.2, 0.25) is 0 Å². The van der Waals surface area contributed by atoms with E-state index in [4.69, 9.17) is 9.31 Å². The molecule has 8 heteroatoms. The van der Waals surface area contributed by atoms with Crippen molar-refractivity contribution in [3.05, 3.63) is 53.4 Å². The van der Waals surface area contributed by atoms with Crippen LogP contribution >= 0.6 is 0 Å². The quantitative estimate of drug-likeness (QED) is 0.347. The molecule has 0 spiro atoms. The third kappa shape index (κ3) is 1.71. The predicted molar refractivity (Wildman–Crippen MR) is 59.3 cm³/mol. The Morgan fingerprint density at radius 1 is 0.650 bits per heavy atom. The van der Waals surface area contributed by atoms with Gasteiger partial charge < -0.3 is 9.31 Å². The lowest BCUT2D eigenvalue weighted by atomic mass is 9.78. The second-order valence-corrected chi connectivity index (χ2v) is 4.00. The number of hydrogen-bond acceptors (Lipinski definition) is 2. The van der Waals surface area contributed by atoms with Crippen molar-refractivity contribution < 1.29 is 31.3 Å². The van der Waals surface area contributed by atoms with E-state index in [-0.39, 0.29) is 11.5 Å². The van der Waals surface area contributed by atoms with Crippen LogP contribution in [0, 0.1) is 29.1 Å². The molecule has 20 heavy (non-hydrogen) atoms. The molecule has 0 saturated heterocycles. The standard InChI is InChI=1S/C12H4BF5O2/c14-8-7(9(15)11(17)12(18)10(8)16)13-19-5-3-1-2-4-6(5)20-13/h1-4H. The molecule has 0 aromatic heterocycles. The minimum Gasteiger partial charge on any atom is -0.519 e. The number of fused-ring (bicyclic) bond motifs is 1. The first kappa shape index (κ1) is 12.8. The summed E-state index contributed by atoms with van der Waals surface area (Å²) in [5.74, 6) is -9.94. The molecule has 1 heterocycles. The molecule has 2 nitrogen and oxygen atoms in total. The van der Waals surface area contributed by atoms with E-state index in [1.807, 2.05) is 0 Å². The van der Waals surface area contributed by atoms with Crippen LogP contribution in [0.3, 0.4) is 0 Å². The molecular formula is C12H4BF5O2. The zero-order chi connectivity index (χ0) is 14.4. The van der Waals surface area contributed by atoms with Crippen LogP contribution < -0.4 is 14.8 Å². The van der Waals surface area contributed by atoms with Crippen LogP contribution in [0.25, 0.3) is 0 Å². The molecule has 3 rings (SSSR count). The van der Waals surface area contributed by atoms with Gasteiger partial charge in [0.2, 0.25) is 0 Å². The molecule has 2 aromatic rings. The van der Waals surface area contributed by atoms with Gasteiger partial charge in [-0.25, -0.2) is 22.0 Å². The largest absolute Gasteiger partial charge is 0.639 e. The predicted octanol–water partition coefficient (Wildman–Crippen LogP) is 2.55. The first-order valence-electron chi connectivity index (χ1n) is 5.44. The van der Waals surface area contributed by atoms with Gasteiger partial charge >= 0.3 is 7.12 Å². The third-order valence-electron chi connectivity index (χ3n) is 2.80. The summed E-state index contributed by atoms with van der Waals surface area (Å²) in [5.41, 5.74) is -1.16. The fourth-order valence-corrected chi connectivity index (χ4v) is 1.85. The van der Waals surface area contributed by atoms with Gasteiger partial charge in [0.05, 0.1) is 5.46 Å². The van der Waals surface area contributed by atoms with Crippen LogP contribution in [0.15, 0.2) is 24.3 Å². The minimum atomic E-state index is -2.22. The molecule has 2 aromatic carbocycles. The van der Waals surface area contributed by atoms with Crippen molar-refractivity contribution in [2.24, 2.45) is 0 Å². The molecule has 1 aliphatic heterocycles. The summed E-state index contributed by atoms with van der Waals surface area (Å²) >= 11 is 0. The molecule has 0 fully saturated rings. The summed E-state index contributed by atoms with van der Waals surface area (Å²) in [5, 5.41) is 0. The number of benzene rings is 2. The maximum absolute atomic E-state index is 13.6. The smallest absolute Gasteiger partial charge is 0.519 e. The van der Waals surface area contributed by atoms with Crippen LogP contribution in [-0.2, 0) is 0 Å². The van der Waals surface area contributed by atoms with E-state index < -0.39 is 41.7 Å². The Kier molecular flexibility index (Phi) is 2.81. The van der Waals surface area contributed by atoms with Crippen molar-refractivity contribution in [1.82, 2.24) is 0 Å². The maximum Gasteiger partial charge on any atom is 0.639 e. The summed E-state index contributed by atoms with van der Waals surface area (Å²) in [6, 6.07) is 6.04. The van der Waals surface area contributed by atoms with E-state index in [9.17, 15) is 22.0 Å². The Labute approximate surface area is 109 Å². The van der Waals surface area contributed by atoms with Crippen LogP contribution in [0.1, 0.15) is 0 Å². The monoisotopic (exact) mass is 286 g/mol. The van der Waals surface area contributed by atoms with Gasteiger partial charge in [-0.1, -0.05) is 12.1 Å². The van der Waals surface area contributed by atoms with Crippen molar-refractivity contribution in [3.63, 3.8) is 0 Å². The van der Waals surface area contributed by atoms with Crippen molar-refractivity contribution in [2.75, 3.05) is 0 Å². The highest BCUT2D eigenvalue weighted by Crippen LogP contribution is 2.33. The fraction of sp³-hybridized carbons (Fsp3) is 0. The second kappa shape index (κ2) is 4.40. The summed E-state index contributed by atoms with van der Waals surface area (Å²) in [4.78, 5) is 0. The van der Waals surface area contributed by atoms with Crippen molar-refractivity contribution >= 4 is 12.6 Å². The molecule has 0 bridgehead atoms. The van der Waals surface area contributed by atoms with Crippen molar-refractivity contribution in [2.45, 2.75) is 0 Å². The summed E-state index contributed by atoms with van der Waals surface area (Å²) < 4.78 is 76.5. The number of halogens is 5. The SMILES string of the molecule is Fc1c(F)c(F)c(B2Oc3ccccc3O2)c(F)c1F. The maximum atomic E-state index is 13.6. The van der Waals surface area contributed by atoms with Crippen LogP contribution in [0.4, 0.5) is 22.0 Å². The van der Waals surface area contributed by atoms with Gasteiger partial charge in [-0.15, -0.1) is 0 Å². The molecule has 0 atom stereocenters. The lowest BCUT2D eigenvalue weighted by Crippen LogP contribution is -2.44. The molecule has 0 unspecified atom stereocenters. The molecule has 0 N–H and O–H groups in total. The topological polar surface area (TPSA) is 18.5 Å². The van der Waals surface area contributed by atoms with Gasteiger partial charge in [0.15, 0.2) is 29.1 Å². The number of rotatable bonds is 1. The Balaban J connectivity index is 2.10. The van der Waals surface area contributed by atoms with E-state index >= 15 is 0 Å². The molecule has 102 valence electrons. The fourth-order valence-electron chi connectivity index (χ4n) is 1.85. The van der Waals surface area contributed by atoms with Crippen LogP contribution in [0.5, 0.6) is 11.5 Å². The summed E-state index contributed by atoms with van der Waals surface area (Å²) in [6.45, 7) is 0. The minimum absolute atomic E-state index is 0.154. The normalized spacial score (nSPS) is 12.9. The van der Waals surface area contributed by atoms with Gasteiger partial charge in [-0.2, -0.15) is 0 Å². The third-order valence-corrected chi connectivity index (χ3v) is 2.80. The molecular weight excluding hydrogens is 282 g/mol. The highest BCUT2D eigenvalue weighted by Gasteiger charge is 2.42. The Morgan fingerprint density at radius 2 is 1.05 bits per heavy atom. The zero-order valence-corrected chi connectivity index (χ0v) is 9.59. The van der Waals surface area contributed by atoms with Gasteiger partial charge in [0, 0.05) is 0 Å². The summed E-state index contributed by atoms with van der Waals surface area (Å²) in [7, 11) is -1.73. The van der Waals surface area contributed by atoms with E-state index in [0.29, 0.717) is 0 Å². The average Bonchev–Trinajstić information content (AvgIpc) is 2.86. The first-order chi connectivity index (χ1) is 9.50. The molecule has 0 amide bonds. The molecule has 0 aliphatic carbocycles. The Hall–Kier alpha value is -2.25. The second-order valence-electron chi connectivity index (χ2n) is 4.00. The Bertz CT molecular complexity index is 652. The highest BCUT2D eigenvalue weighted by atomic mass is 19.2. The number of hydrogen-bond donors (Lipinski definition) is 0. The van der Waals surface area contributed by atoms with Crippen LogP contribution in [-0.4, -0.2) is 7.12 Å². The molecule has 1 aliphatic rings. The number of para-hydroxylation sites is 2. The average molecular weight is 286 g/mol. The Morgan fingerprint density at radius 3 is 1.50 bits per heavy atom. The summed E-state index contributed by atoms with van der Waals surface area (Å²) in [6.07, 6.45) is 0. The zero-order valence-electron chi connectivity index (χ0n) is 9.59. The first-order valence-corrected chi connectivity index (χ1v) is 5.44. The van der Waals surface area contributed by atoms with E-state index in [2.05, 4.69) is 0 Å².